The summed E-state index contributed by atoms with van der Waals surface area (Å²) < 4.78 is 29.1. The van der Waals surface area contributed by atoms with Gasteiger partial charge in [-0.25, -0.2) is 8.42 Å². The fourth-order valence-electron chi connectivity index (χ4n) is 4.23. The van der Waals surface area contributed by atoms with E-state index in [1.165, 1.54) is 9.87 Å². The van der Waals surface area contributed by atoms with Crippen LogP contribution in [0.2, 0.25) is 0 Å². The number of hydrogen-bond donors (Lipinski definition) is 0. The first-order chi connectivity index (χ1) is 13.8. The number of benzene rings is 2. The summed E-state index contributed by atoms with van der Waals surface area (Å²) >= 11 is 6.83. The van der Waals surface area contributed by atoms with Crippen LogP contribution in [0.4, 0.5) is 5.69 Å². The molecule has 0 aromatic heterocycles. The molecule has 0 saturated carbocycles. The second-order valence-corrected chi connectivity index (χ2v) is 11.4. The number of carbonyl (C=O) groups is 1. The molecule has 0 N–H and O–H groups in total. The van der Waals surface area contributed by atoms with Crippen molar-refractivity contribution >= 4 is 53.5 Å². The summed E-state index contributed by atoms with van der Waals surface area (Å²) in [7, 11) is -3.53. The topological polar surface area (TPSA) is 57.7 Å². The number of anilines is 1. The highest BCUT2D eigenvalue weighted by Gasteiger charge is 2.38. The third kappa shape index (κ3) is 4.04. The molecule has 2 aromatic carbocycles. The van der Waals surface area contributed by atoms with Crippen LogP contribution in [0.25, 0.3) is 0 Å². The molecule has 154 valence electrons. The van der Waals surface area contributed by atoms with Crippen LogP contribution >= 0.6 is 31.9 Å². The van der Waals surface area contributed by atoms with Crippen LogP contribution in [0.5, 0.6) is 0 Å². The number of halogens is 2. The molecule has 2 aromatic rings. The first-order valence-electron chi connectivity index (χ1n) is 9.64. The summed E-state index contributed by atoms with van der Waals surface area (Å²) in [6.07, 6.45) is 1.94. The molecule has 8 heteroatoms. The number of sulfonamides is 1. The summed E-state index contributed by atoms with van der Waals surface area (Å²) in [6.45, 7) is 2.80. The summed E-state index contributed by atoms with van der Waals surface area (Å²) in [5.74, 6) is -0.0392. The molecule has 4 rings (SSSR count). The van der Waals surface area contributed by atoms with E-state index in [0.717, 1.165) is 21.1 Å². The predicted molar refractivity (Wildman–Crippen MR) is 120 cm³/mol. The third-order valence-corrected chi connectivity index (χ3v) is 8.68. The van der Waals surface area contributed by atoms with Crippen molar-refractivity contribution in [3.63, 3.8) is 0 Å². The van der Waals surface area contributed by atoms with E-state index in [1.54, 1.807) is 24.3 Å². The Hall–Kier alpha value is -1.22. The normalized spacial score (nSPS) is 20.7. The first-order valence-corrected chi connectivity index (χ1v) is 12.7. The molecule has 0 spiro atoms. The molecular formula is C21H22Br2N2O3S. The van der Waals surface area contributed by atoms with Gasteiger partial charge in [0.15, 0.2) is 0 Å². The van der Waals surface area contributed by atoms with Crippen molar-refractivity contribution in [2.24, 2.45) is 5.92 Å². The van der Waals surface area contributed by atoms with E-state index in [9.17, 15) is 13.2 Å². The second kappa shape index (κ2) is 8.13. The molecule has 2 aliphatic rings. The van der Waals surface area contributed by atoms with E-state index in [0.29, 0.717) is 25.9 Å². The summed E-state index contributed by atoms with van der Waals surface area (Å²) in [5, 5.41) is 0. The number of nitrogens with zero attached hydrogens (tertiary/aromatic N) is 2. The Balaban J connectivity index is 1.46. The predicted octanol–water partition coefficient (Wildman–Crippen LogP) is 4.59. The van der Waals surface area contributed by atoms with Crippen molar-refractivity contribution in [1.82, 2.24) is 4.31 Å². The maximum absolute atomic E-state index is 13.3. The van der Waals surface area contributed by atoms with Gasteiger partial charge in [-0.3, -0.25) is 4.79 Å². The van der Waals surface area contributed by atoms with Gasteiger partial charge in [-0.15, -0.1) is 0 Å². The zero-order valence-corrected chi connectivity index (χ0v) is 20.0. The lowest BCUT2D eigenvalue weighted by Gasteiger charge is -2.34. The third-order valence-electron chi connectivity index (χ3n) is 5.75. The molecule has 2 aliphatic heterocycles. The number of fused-ring (bicyclic) bond motifs is 1. The number of carbonyl (C=O) groups excluding carboxylic acids is 1. The van der Waals surface area contributed by atoms with Crippen molar-refractivity contribution in [3.05, 3.63) is 57.0 Å². The van der Waals surface area contributed by atoms with Crippen molar-refractivity contribution < 1.29 is 13.2 Å². The summed E-state index contributed by atoms with van der Waals surface area (Å²) in [4.78, 5) is 15.5. The van der Waals surface area contributed by atoms with Gasteiger partial charge in [-0.05, 0) is 74.2 Å². The number of piperidine rings is 1. The molecule has 1 saturated heterocycles. The van der Waals surface area contributed by atoms with Crippen LogP contribution in [0.3, 0.4) is 0 Å². The lowest BCUT2D eigenvalue weighted by atomic mass is 9.96. The van der Waals surface area contributed by atoms with E-state index >= 15 is 0 Å². The Bertz CT molecular complexity index is 1030. The average Bonchev–Trinajstić information content (AvgIpc) is 3.02. The van der Waals surface area contributed by atoms with Gasteiger partial charge >= 0.3 is 0 Å². The van der Waals surface area contributed by atoms with Gasteiger partial charge in [0.05, 0.1) is 4.90 Å². The minimum Gasteiger partial charge on any atom is -0.309 e. The Morgan fingerprint density at radius 2 is 1.62 bits per heavy atom. The summed E-state index contributed by atoms with van der Waals surface area (Å²) in [6, 6.07) is 12.8. The molecule has 1 amide bonds. The monoisotopic (exact) mass is 540 g/mol. The fourth-order valence-corrected chi connectivity index (χ4v) is 6.37. The molecule has 0 aliphatic carbocycles. The van der Waals surface area contributed by atoms with Gasteiger partial charge in [-0.1, -0.05) is 31.9 Å². The second-order valence-electron chi connectivity index (χ2n) is 7.67. The van der Waals surface area contributed by atoms with E-state index in [1.807, 2.05) is 17.0 Å². The van der Waals surface area contributed by atoms with E-state index in [-0.39, 0.29) is 22.8 Å². The van der Waals surface area contributed by atoms with Crippen LogP contribution in [0.1, 0.15) is 25.3 Å². The van der Waals surface area contributed by atoms with Crippen molar-refractivity contribution in [2.45, 2.75) is 37.1 Å². The van der Waals surface area contributed by atoms with Gasteiger partial charge in [0.25, 0.3) is 0 Å². The van der Waals surface area contributed by atoms with Crippen molar-refractivity contribution in [2.75, 3.05) is 18.0 Å². The smallest absolute Gasteiger partial charge is 0.243 e. The minimum absolute atomic E-state index is 0.110. The Morgan fingerprint density at radius 3 is 2.28 bits per heavy atom. The van der Waals surface area contributed by atoms with Crippen molar-refractivity contribution in [3.8, 4) is 0 Å². The molecule has 1 unspecified atom stereocenters. The molecule has 0 radical (unpaired) electrons. The van der Waals surface area contributed by atoms with E-state index in [4.69, 9.17) is 0 Å². The summed E-state index contributed by atoms with van der Waals surface area (Å²) in [5.41, 5.74) is 2.16. The van der Waals surface area contributed by atoms with Gasteiger partial charge in [0.2, 0.25) is 15.9 Å². The molecular weight excluding hydrogens is 520 g/mol. The quantitative estimate of drug-likeness (QED) is 0.571. The van der Waals surface area contributed by atoms with Crippen LogP contribution in [0, 0.1) is 5.92 Å². The van der Waals surface area contributed by atoms with Crippen LogP contribution in [0.15, 0.2) is 56.3 Å². The Labute approximate surface area is 188 Å². The highest BCUT2D eigenvalue weighted by atomic mass is 79.9. The zero-order chi connectivity index (χ0) is 20.8. The molecule has 29 heavy (non-hydrogen) atoms. The number of rotatable bonds is 3. The Morgan fingerprint density at radius 1 is 1.00 bits per heavy atom. The maximum Gasteiger partial charge on any atom is 0.243 e. The van der Waals surface area contributed by atoms with Gasteiger partial charge in [0, 0.05) is 39.7 Å². The maximum atomic E-state index is 13.3. The SMILES string of the molecule is CC1Cc2cc(Br)ccc2N1C(=O)C1CCN(S(=O)(=O)c2ccc(Br)cc2)CC1. The zero-order valence-electron chi connectivity index (χ0n) is 16.0. The minimum atomic E-state index is -3.53. The molecule has 5 nitrogen and oxygen atoms in total. The van der Waals surface area contributed by atoms with Crippen molar-refractivity contribution in [1.29, 1.82) is 0 Å². The molecule has 0 bridgehead atoms. The highest BCUT2D eigenvalue weighted by molar-refractivity contribution is 9.10. The average molecular weight is 542 g/mol. The largest absolute Gasteiger partial charge is 0.309 e. The molecule has 2 heterocycles. The highest BCUT2D eigenvalue weighted by Crippen LogP contribution is 2.36. The van der Waals surface area contributed by atoms with Gasteiger partial charge in [0.1, 0.15) is 0 Å². The fraction of sp³-hybridized carbons (Fsp3) is 0.381. The lowest BCUT2D eigenvalue weighted by molar-refractivity contribution is -0.123. The van der Waals surface area contributed by atoms with Crippen LogP contribution < -0.4 is 4.90 Å². The Kier molecular flexibility index (Phi) is 5.90. The van der Waals surface area contributed by atoms with Gasteiger partial charge in [-0.2, -0.15) is 4.31 Å². The molecule has 1 fully saturated rings. The van der Waals surface area contributed by atoms with Gasteiger partial charge < -0.3 is 4.90 Å². The van der Waals surface area contributed by atoms with Crippen LogP contribution in [-0.2, 0) is 21.2 Å². The standard InChI is InChI=1S/C21H22Br2N2O3S/c1-14-12-16-13-18(23)4-7-20(16)25(14)21(26)15-8-10-24(11-9-15)29(27,28)19-5-2-17(22)3-6-19/h2-7,13-15H,8-12H2,1H3. The lowest BCUT2D eigenvalue weighted by Crippen LogP contribution is -2.46. The van der Waals surface area contributed by atoms with E-state index < -0.39 is 10.0 Å². The first kappa shape index (κ1) is 21.0. The van der Waals surface area contributed by atoms with Crippen LogP contribution in [-0.4, -0.2) is 37.8 Å². The number of amides is 1. The number of hydrogen-bond acceptors (Lipinski definition) is 3. The van der Waals surface area contributed by atoms with E-state index in [2.05, 4.69) is 44.8 Å². The molecule has 1 atom stereocenters.